The maximum absolute atomic E-state index is 12.7. The first kappa shape index (κ1) is 24.8. The molecule has 1 N–H and O–H groups in total. The first-order chi connectivity index (χ1) is 12.7. The van der Waals surface area contributed by atoms with Crippen molar-refractivity contribution in [2.75, 3.05) is 0 Å². The molecule has 0 aliphatic carbocycles. The van der Waals surface area contributed by atoms with Crippen molar-refractivity contribution in [3.63, 3.8) is 0 Å². The number of hydrogen-bond donors (Lipinski definition) is 1. The van der Waals surface area contributed by atoms with Crippen LogP contribution in [0.5, 0.6) is 0 Å². The Bertz CT molecular complexity index is 664. The summed E-state index contributed by atoms with van der Waals surface area (Å²) in [5.74, 6) is -0.776. The van der Waals surface area contributed by atoms with Gasteiger partial charge in [0.05, 0.1) is 17.0 Å². The molecule has 3 atom stereocenters. The summed E-state index contributed by atoms with van der Waals surface area (Å²) in [6.45, 7) is 14.6. The molecule has 0 aliphatic rings. The molecule has 0 aromatic heterocycles. The van der Waals surface area contributed by atoms with Crippen LogP contribution in [0, 0.1) is 0 Å². The van der Waals surface area contributed by atoms with E-state index in [4.69, 9.17) is 21.1 Å². The normalized spacial score (nSPS) is 15.5. The maximum Gasteiger partial charge on any atom is 0.331 e. The number of carbonyl (C=O) groups is 2. The second kappa shape index (κ2) is 9.99. The number of halogens is 1. The molecule has 0 aliphatic heterocycles. The van der Waals surface area contributed by atoms with Crippen LogP contribution in [-0.4, -0.2) is 40.5 Å². The molecule has 0 bridgehead atoms. The lowest BCUT2D eigenvalue weighted by molar-refractivity contribution is -0.166. The second-order valence-electron chi connectivity index (χ2n) is 8.67. The molecule has 1 aromatic carbocycles. The molecule has 7 heteroatoms. The van der Waals surface area contributed by atoms with E-state index in [0.29, 0.717) is 5.02 Å². The summed E-state index contributed by atoms with van der Waals surface area (Å²) in [5.41, 5.74) is -1.13. The molecular weight excluding hydrogens is 398 g/mol. The Kier molecular flexibility index (Phi) is 8.85. The number of benzene rings is 1. The lowest BCUT2D eigenvalue weighted by Gasteiger charge is -2.32. The van der Waals surface area contributed by atoms with E-state index in [1.54, 1.807) is 46.8 Å². The van der Waals surface area contributed by atoms with Gasteiger partial charge in [-0.1, -0.05) is 11.6 Å². The number of thioether (sulfide) groups is 1. The minimum Gasteiger partial charge on any atom is -0.458 e. The summed E-state index contributed by atoms with van der Waals surface area (Å²) in [6.07, 6.45) is -0.550. The van der Waals surface area contributed by atoms with Gasteiger partial charge in [0.2, 0.25) is 5.91 Å². The van der Waals surface area contributed by atoms with Gasteiger partial charge in [-0.3, -0.25) is 4.79 Å². The summed E-state index contributed by atoms with van der Waals surface area (Å²) in [5, 5.41) is 3.04. The number of hydrogen-bond acceptors (Lipinski definition) is 5. The average Bonchev–Trinajstić information content (AvgIpc) is 2.50. The second-order valence-corrected chi connectivity index (χ2v) is 10.5. The van der Waals surface area contributed by atoms with Crippen LogP contribution in [0.4, 0.5) is 0 Å². The van der Waals surface area contributed by atoms with Crippen molar-refractivity contribution in [3.05, 3.63) is 29.3 Å². The Hall–Kier alpha value is -1.24. The number of rotatable bonds is 7. The molecule has 1 aromatic rings. The maximum atomic E-state index is 12.7. The van der Waals surface area contributed by atoms with Crippen LogP contribution in [0.3, 0.4) is 0 Å². The van der Waals surface area contributed by atoms with Gasteiger partial charge in [-0.2, -0.15) is 0 Å². The van der Waals surface area contributed by atoms with Crippen LogP contribution in [0.1, 0.15) is 55.4 Å². The third-order valence-electron chi connectivity index (χ3n) is 3.46. The van der Waals surface area contributed by atoms with Crippen LogP contribution in [-0.2, 0) is 19.1 Å². The van der Waals surface area contributed by atoms with Gasteiger partial charge in [0.1, 0.15) is 5.60 Å². The van der Waals surface area contributed by atoms with Crippen LogP contribution in [0.25, 0.3) is 0 Å². The van der Waals surface area contributed by atoms with Crippen LogP contribution in [0.15, 0.2) is 29.2 Å². The zero-order chi connectivity index (χ0) is 21.7. The van der Waals surface area contributed by atoms with E-state index in [9.17, 15) is 9.59 Å². The molecule has 0 spiro atoms. The molecule has 0 heterocycles. The number of carbonyl (C=O) groups excluding carboxylic acids is 2. The highest BCUT2D eigenvalue weighted by Gasteiger charge is 2.35. The molecule has 0 unspecified atom stereocenters. The zero-order valence-electron chi connectivity index (χ0n) is 18.0. The van der Waals surface area contributed by atoms with Crippen LogP contribution < -0.4 is 5.32 Å². The number of amides is 1. The van der Waals surface area contributed by atoms with E-state index < -0.39 is 34.6 Å². The van der Waals surface area contributed by atoms with Crippen molar-refractivity contribution >= 4 is 35.2 Å². The minimum absolute atomic E-state index is 0.264. The van der Waals surface area contributed by atoms with E-state index >= 15 is 0 Å². The SMILES string of the molecule is C[C@H](OC(C)(C)C)[C@@H](NC(=O)[C@@H](C)Sc1ccc(Cl)cc1)C(=O)OC(C)(C)C. The van der Waals surface area contributed by atoms with Gasteiger partial charge < -0.3 is 14.8 Å². The highest BCUT2D eigenvalue weighted by atomic mass is 35.5. The summed E-state index contributed by atoms with van der Waals surface area (Å²) in [6, 6.07) is 6.36. The molecule has 158 valence electrons. The lowest BCUT2D eigenvalue weighted by atomic mass is 10.1. The quantitative estimate of drug-likeness (QED) is 0.495. The van der Waals surface area contributed by atoms with Gasteiger partial charge in [0.25, 0.3) is 0 Å². The Morgan fingerprint density at radius 1 is 1.00 bits per heavy atom. The van der Waals surface area contributed by atoms with E-state index in [0.717, 1.165) is 4.90 Å². The number of nitrogens with one attached hydrogen (secondary N) is 1. The molecule has 0 fully saturated rings. The fourth-order valence-electron chi connectivity index (χ4n) is 2.40. The minimum atomic E-state index is -0.904. The van der Waals surface area contributed by atoms with E-state index in [1.807, 2.05) is 32.9 Å². The van der Waals surface area contributed by atoms with Crippen molar-refractivity contribution in [2.45, 2.75) is 88.9 Å². The monoisotopic (exact) mass is 429 g/mol. The van der Waals surface area contributed by atoms with Crippen molar-refractivity contribution in [2.24, 2.45) is 0 Å². The Balaban J connectivity index is 2.88. The Labute approximate surface area is 177 Å². The highest BCUT2D eigenvalue weighted by molar-refractivity contribution is 8.00. The molecule has 0 saturated carbocycles. The van der Waals surface area contributed by atoms with Crippen LogP contribution in [0.2, 0.25) is 5.02 Å². The van der Waals surface area contributed by atoms with Crippen molar-refractivity contribution < 1.29 is 19.1 Å². The number of ether oxygens (including phenoxy) is 2. The van der Waals surface area contributed by atoms with E-state index in [1.165, 1.54) is 11.8 Å². The lowest BCUT2D eigenvalue weighted by Crippen LogP contribution is -2.53. The summed E-state index contributed by atoms with van der Waals surface area (Å²) in [7, 11) is 0. The van der Waals surface area contributed by atoms with Gasteiger partial charge in [0, 0.05) is 9.92 Å². The first-order valence-electron chi connectivity index (χ1n) is 9.31. The largest absolute Gasteiger partial charge is 0.458 e. The smallest absolute Gasteiger partial charge is 0.331 e. The fraction of sp³-hybridized carbons (Fsp3) is 0.619. The third kappa shape index (κ3) is 9.30. The molecule has 1 rings (SSSR count). The summed E-state index contributed by atoms with van der Waals surface area (Å²) >= 11 is 7.29. The Morgan fingerprint density at radius 3 is 2.00 bits per heavy atom. The van der Waals surface area contributed by atoms with Crippen molar-refractivity contribution in [1.82, 2.24) is 5.32 Å². The first-order valence-corrected chi connectivity index (χ1v) is 10.6. The number of esters is 1. The fourth-order valence-corrected chi connectivity index (χ4v) is 3.40. The molecule has 28 heavy (non-hydrogen) atoms. The predicted octanol–water partition coefficient (Wildman–Crippen LogP) is 4.85. The van der Waals surface area contributed by atoms with Gasteiger partial charge >= 0.3 is 5.97 Å². The van der Waals surface area contributed by atoms with E-state index in [-0.39, 0.29) is 5.91 Å². The van der Waals surface area contributed by atoms with Gasteiger partial charge in [-0.25, -0.2) is 4.79 Å². The van der Waals surface area contributed by atoms with Crippen LogP contribution >= 0.6 is 23.4 Å². The molecular formula is C21H32ClNO4S. The molecule has 0 saturated heterocycles. The molecule has 0 radical (unpaired) electrons. The molecule has 1 amide bonds. The third-order valence-corrected chi connectivity index (χ3v) is 4.83. The molecule has 5 nitrogen and oxygen atoms in total. The summed E-state index contributed by atoms with van der Waals surface area (Å²) < 4.78 is 11.4. The summed E-state index contributed by atoms with van der Waals surface area (Å²) in [4.78, 5) is 26.4. The van der Waals surface area contributed by atoms with Crippen molar-refractivity contribution in [1.29, 1.82) is 0 Å². The van der Waals surface area contributed by atoms with Gasteiger partial charge in [-0.15, -0.1) is 11.8 Å². The highest BCUT2D eigenvalue weighted by Crippen LogP contribution is 2.25. The van der Waals surface area contributed by atoms with Crippen molar-refractivity contribution in [3.8, 4) is 0 Å². The Morgan fingerprint density at radius 2 is 1.54 bits per heavy atom. The standard InChI is InChI=1S/C21H32ClNO4S/c1-13(26-20(3,4)5)17(19(25)27-21(6,7)8)23-18(24)14(2)28-16-11-9-15(22)10-12-16/h9-14,17H,1-8H3,(H,23,24)/t13-,14+,17+/m0/s1. The average molecular weight is 430 g/mol. The van der Waals surface area contributed by atoms with Gasteiger partial charge in [-0.05, 0) is 79.7 Å². The van der Waals surface area contributed by atoms with Gasteiger partial charge in [0.15, 0.2) is 6.04 Å². The van der Waals surface area contributed by atoms with E-state index in [2.05, 4.69) is 5.32 Å². The topological polar surface area (TPSA) is 64.6 Å². The predicted molar refractivity (Wildman–Crippen MR) is 115 cm³/mol. The zero-order valence-corrected chi connectivity index (χ0v) is 19.5.